The summed E-state index contributed by atoms with van der Waals surface area (Å²) in [5.74, 6) is 0.224. The zero-order valence-electron chi connectivity index (χ0n) is 9.87. The summed E-state index contributed by atoms with van der Waals surface area (Å²) in [4.78, 5) is 11.1. The Morgan fingerprint density at radius 3 is 1.84 bits per heavy atom. The molecule has 94 valence electrons. The van der Waals surface area contributed by atoms with Crippen molar-refractivity contribution in [2.45, 2.75) is 0 Å². The van der Waals surface area contributed by atoms with Gasteiger partial charge in [0.2, 0.25) is 0 Å². The van der Waals surface area contributed by atoms with E-state index >= 15 is 0 Å². The van der Waals surface area contributed by atoms with Gasteiger partial charge in [-0.2, -0.15) is 22.7 Å². The van der Waals surface area contributed by atoms with Crippen molar-refractivity contribution in [2.24, 2.45) is 0 Å². The topological polar surface area (TPSA) is 37.3 Å². The average Bonchev–Trinajstić information content (AvgIpc) is 3.12. The van der Waals surface area contributed by atoms with Crippen LogP contribution in [0.5, 0.6) is 5.75 Å². The number of hydrogen-bond acceptors (Lipinski definition) is 4. The highest BCUT2D eigenvalue weighted by atomic mass is 32.1. The van der Waals surface area contributed by atoms with Crippen LogP contribution in [-0.2, 0) is 0 Å². The molecule has 2 aromatic heterocycles. The van der Waals surface area contributed by atoms with Crippen molar-refractivity contribution >= 4 is 29.0 Å². The molecule has 1 N–H and O–H groups in total. The van der Waals surface area contributed by atoms with Gasteiger partial charge in [-0.3, -0.25) is 4.79 Å². The van der Waals surface area contributed by atoms with Crippen molar-refractivity contribution in [2.75, 3.05) is 0 Å². The third-order valence-electron chi connectivity index (χ3n) is 2.93. The predicted octanol–water partition coefficient (Wildman–Crippen LogP) is 4.66. The summed E-state index contributed by atoms with van der Waals surface area (Å²) in [5, 5.41) is 18.3. The number of hydrogen-bond donors (Lipinski definition) is 1. The fourth-order valence-electron chi connectivity index (χ4n) is 2.00. The number of carbonyl (C=O) groups excluding carboxylic acids is 1. The van der Waals surface area contributed by atoms with Crippen LogP contribution in [0.3, 0.4) is 0 Å². The number of carbonyl (C=O) groups is 1. The first-order chi connectivity index (χ1) is 9.29. The van der Waals surface area contributed by atoms with Gasteiger partial charge in [-0.1, -0.05) is 0 Å². The van der Waals surface area contributed by atoms with Crippen molar-refractivity contribution in [3.63, 3.8) is 0 Å². The molecule has 0 amide bonds. The minimum atomic E-state index is 0.224. The quantitative estimate of drug-likeness (QED) is 0.711. The number of aldehydes is 1. The zero-order chi connectivity index (χ0) is 13.2. The Kier molecular flexibility index (Phi) is 3.19. The van der Waals surface area contributed by atoms with Crippen LogP contribution < -0.4 is 0 Å². The van der Waals surface area contributed by atoms with Gasteiger partial charge >= 0.3 is 0 Å². The van der Waals surface area contributed by atoms with E-state index in [9.17, 15) is 9.90 Å². The molecule has 3 rings (SSSR count). The van der Waals surface area contributed by atoms with Crippen LogP contribution in [0.1, 0.15) is 10.4 Å². The molecule has 3 aromatic rings. The molecule has 2 heterocycles. The summed E-state index contributed by atoms with van der Waals surface area (Å²) in [7, 11) is 0. The van der Waals surface area contributed by atoms with Gasteiger partial charge in [0, 0.05) is 16.7 Å². The Bertz CT molecular complexity index is 643. The normalized spacial score (nSPS) is 10.5. The van der Waals surface area contributed by atoms with Crippen molar-refractivity contribution in [1.82, 2.24) is 0 Å². The fourth-order valence-corrected chi connectivity index (χ4v) is 3.31. The van der Waals surface area contributed by atoms with E-state index in [0.29, 0.717) is 16.7 Å². The van der Waals surface area contributed by atoms with Gasteiger partial charge in [-0.05, 0) is 56.9 Å². The number of thiophene rings is 2. The Morgan fingerprint density at radius 2 is 1.47 bits per heavy atom. The Hall–Kier alpha value is -1.91. The number of benzene rings is 1. The fraction of sp³-hybridized carbons (Fsp3) is 0. The largest absolute Gasteiger partial charge is 0.507 e. The first-order valence-electron chi connectivity index (χ1n) is 5.67. The Balaban J connectivity index is 2.26. The summed E-state index contributed by atoms with van der Waals surface area (Å²) < 4.78 is 0. The van der Waals surface area contributed by atoms with Crippen molar-refractivity contribution in [1.29, 1.82) is 0 Å². The molecular weight excluding hydrogens is 276 g/mol. The summed E-state index contributed by atoms with van der Waals surface area (Å²) in [6.45, 7) is 0. The third-order valence-corrected chi connectivity index (χ3v) is 4.30. The summed E-state index contributed by atoms with van der Waals surface area (Å²) in [6, 6.07) is 7.32. The number of rotatable bonds is 3. The maximum absolute atomic E-state index is 11.1. The minimum absolute atomic E-state index is 0.224. The molecule has 0 aliphatic carbocycles. The van der Waals surface area contributed by atoms with Crippen LogP contribution in [0.15, 0.2) is 45.8 Å². The van der Waals surface area contributed by atoms with E-state index in [2.05, 4.69) is 0 Å². The van der Waals surface area contributed by atoms with Crippen LogP contribution in [0, 0.1) is 0 Å². The summed E-state index contributed by atoms with van der Waals surface area (Å²) >= 11 is 3.13. The van der Waals surface area contributed by atoms with Gasteiger partial charge in [0.25, 0.3) is 0 Å². The smallest absolute Gasteiger partial charge is 0.150 e. The van der Waals surface area contributed by atoms with Crippen molar-refractivity contribution in [3.05, 3.63) is 51.3 Å². The minimum Gasteiger partial charge on any atom is -0.507 e. The highest BCUT2D eigenvalue weighted by molar-refractivity contribution is 7.08. The van der Waals surface area contributed by atoms with E-state index in [1.165, 1.54) is 0 Å². The van der Waals surface area contributed by atoms with Gasteiger partial charge in [0.05, 0.1) is 0 Å². The lowest BCUT2D eigenvalue weighted by Gasteiger charge is -2.09. The lowest BCUT2D eigenvalue weighted by atomic mass is 9.97. The van der Waals surface area contributed by atoms with Crippen LogP contribution in [0.25, 0.3) is 22.3 Å². The molecule has 0 saturated heterocycles. The second-order valence-electron chi connectivity index (χ2n) is 4.11. The SMILES string of the molecule is O=Cc1cc(-c2ccsc2)c(O)c(-c2ccsc2)c1. The van der Waals surface area contributed by atoms with Gasteiger partial charge < -0.3 is 5.11 Å². The Morgan fingerprint density at radius 1 is 0.947 bits per heavy atom. The van der Waals surface area contributed by atoms with Gasteiger partial charge in [0.1, 0.15) is 12.0 Å². The Labute approximate surface area is 118 Å². The maximum Gasteiger partial charge on any atom is 0.150 e. The summed E-state index contributed by atoms with van der Waals surface area (Å²) in [6.07, 6.45) is 0.811. The van der Waals surface area contributed by atoms with Gasteiger partial charge in [0.15, 0.2) is 0 Å². The lowest BCUT2D eigenvalue weighted by molar-refractivity contribution is 0.112. The van der Waals surface area contributed by atoms with Crippen molar-refractivity contribution < 1.29 is 9.90 Å². The molecule has 0 radical (unpaired) electrons. The van der Waals surface area contributed by atoms with Crippen LogP contribution >= 0.6 is 22.7 Å². The van der Waals surface area contributed by atoms with Crippen molar-refractivity contribution in [3.8, 4) is 28.0 Å². The molecule has 0 atom stereocenters. The average molecular weight is 286 g/mol. The van der Waals surface area contributed by atoms with Crippen LogP contribution in [0.2, 0.25) is 0 Å². The molecule has 0 saturated carbocycles. The first-order valence-corrected chi connectivity index (χ1v) is 7.55. The highest BCUT2D eigenvalue weighted by Gasteiger charge is 2.13. The van der Waals surface area contributed by atoms with Crippen LogP contribution in [0.4, 0.5) is 0 Å². The second kappa shape index (κ2) is 4.99. The van der Waals surface area contributed by atoms with Gasteiger partial charge in [-0.25, -0.2) is 0 Å². The molecule has 1 aromatic carbocycles. The molecule has 0 fully saturated rings. The monoisotopic (exact) mass is 286 g/mol. The van der Waals surface area contributed by atoms with E-state index < -0.39 is 0 Å². The zero-order valence-corrected chi connectivity index (χ0v) is 11.5. The third kappa shape index (κ3) is 2.20. The molecule has 0 aliphatic heterocycles. The molecule has 19 heavy (non-hydrogen) atoms. The number of aromatic hydroxyl groups is 1. The van der Waals surface area contributed by atoms with E-state index in [1.807, 2.05) is 33.7 Å². The van der Waals surface area contributed by atoms with E-state index in [0.717, 1.165) is 17.4 Å². The second-order valence-corrected chi connectivity index (χ2v) is 5.67. The first kappa shape index (κ1) is 12.1. The molecular formula is C15H10O2S2. The van der Waals surface area contributed by atoms with Gasteiger partial charge in [-0.15, -0.1) is 0 Å². The summed E-state index contributed by atoms with van der Waals surface area (Å²) in [5.41, 5.74) is 3.84. The molecule has 0 bridgehead atoms. The highest BCUT2D eigenvalue weighted by Crippen LogP contribution is 2.40. The molecule has 4 heteroatoms. The number of phenols is 1. The molecule has 0 aliphatic rings. The predicted molar refractivity (Wildman–Crippen MR) is 80.1 cm³/mol. The standard InChI is InChI=1S/C15H10O2S2/c16-7-10-5-13(11-1-3-18-8-11)15(17)14(6-10)12-2-4-19-9-12/h1-9,17H. The lowest BCUT2D eigenvalue weighted by Crippen LogP contribution is -1.87. The van der Waals surface area contributed by atoms with E-state index in [1.54, 1.807) is 34.8 Å². The maximum atomic E-state index is 11.1. The number of phenolic OH excluding ortho intramolecular Hbond substituents is 1. The molecule has 0 spiro atoms. The van der Waals surface area contributed by atoms with E-state index in [-0.39, 0.29) is 5.75 Å². The molecule has 0 unspecified atom stereocenters. The van der Waals surface area contributed by atoms with E-state index in [4.69, 9.17) is 0 Å². The van der Waals surface area contributed by atoms with Crippen LogP contribution in [-0.4, -0.2) is 11.4 Å². The molecule has 2 nitrogen and oxygen atoms in total.